The molecule has 5 atom stereocenters. The van der Waals surface area contributed by atoms with Gasteiger partial charge in [-0.1, -0.05) is 26.0 Å². The molecule has 172 valence electrons. The molecule has 0 aliphatic heterocycles. The fraction of sp³-hybridized carbons (Fsp3) is 0.538. The molecule has 5 unspecified atom stereocenters. The number of rotatable bonds is 5. The second kappa shape index (κ2) is 8.39. The van der Waals surface area contributed by atoms with E-state index in [2.05, 4.69) is 13.5 Å². The van der Waals surface area contributed by atoms with E-state index in [0.29, 0.717) is 24.4 Å². The SMILES string of the molecule is C=C1CCC2C(C)(COC(C)=O)C(O)CCC2(C)C1COc1ccc2ccc(=O)oc2c1. The zero-order valence-electron chi connectivity index (χ0n) is 19.1. The van der Waals surface area contributed by atoms with Gasteiger partial charge in [0.15, 0.2) is 0 Å². The van der Waals surface area contributed by atoms with E-state index in [1.807, 2.05) is 19.1 Å². The number of carbonyl (C=O) groups excluding carboxylic acids is 1. The number of fused-ring (bicyclic) bond motifs is 2. The molecule has 1 N–H and O–H groups in total. The summed E-state index contributed by atoms with van der Waals surface area (Å²) >= 11 is 0. The van der Waals surface area contributed by atoms with Crippen molar-refractivity contribution in [3.63, 3.8) is 0 Å². The number of ether oxygens (including phenoxy) is 2. The van der Waals surface area contributed by atoms with Gasteiger partial charge in [-0.25, -0.2) is 4.79 Å². The first kappa shape index (κ1) is 22.6. The van der Waals surface area contributed by atoms with Crippen molar-refractivity contribution in [1.29, 1.82) is 0 Å². The lowest BCUT2D eigenvalue weighted by molar-refractivity contribution is -0.174. The van der Waals surface area contributed by atoms with Gasteiger partial charge >= 0.3 is 11.6 Å². The predicted molar refractivity (Wildman–Crippen MR) is 121 cm³/mol. The summed E-state index contributed by atoms with van der Waals surface area (Å²) in [5.41, 5.74) is 0.619. The van der Waals surface area contributed by atoms with Gasteiger partial charge in [-0.3, -0.25) is 4.79 Å². The molecule has 1 aromatic heterocycles. The van der Waals surface area contributed by atoms with Gasteiger partial charge in [-0.15, -0.1) is 0 Å². The van der Waals surface area contributed by atoms with E-state index in [4.69, 9.17) is 13.9 Å². The van der Waals surface area contributed by atoms with Gasteiger partial charge in [0.05, 0.1) is 19.3 Å². The van der Waals surface area contributed by atoms with Gasteiger partial charge in [0.2, 0.25) is 0 Å². The number of hydrogen-bond donors (Lipinski definition) is 1. The maximum atomic E-state index is 11.6. The first-order valence-electron chi connectivity index (χ1n) is 11.3. The van der Waals surface area contributed by atoms with Crippen LogP contribution in [-0.2, 0) is 9.53 Å². The summed E-state index contributed by atoms with van der Waals surface area (Å²) in [5.74, 6) is 0.591. The van der Waals surface area contributed by atoms with Crippen molar-refractivity contribution < 1.29 is 23.8 Å². The topological polar surface area (TPSA) is 86.0 Å². The fourth-order valence-corrected chi connectivity index (χ4v) is 6.06. The van der Waals surface area contributed by atoms with E-state index < -0.39 is 17.1 Å². The van der Waals surface area contributed by atoms with Gasteiger partial charge in [0, 0.05) is 35.8 Å². The Morgan fingerprint density at radius 1 is 1.25 bits per heavy atom. The van der Waals surface area contributed by atoms with Gasteiger partial charge < -0.3 is 19.0 Å². The standard InChI is InChI=1S/C26H32O6/c1-16-5-9-22-25(3,12-11-23(28)26(22,4)15-31-17(2)27)20(16)14-30-19-8-6-18-7-10-24(29)32-21(18)13-19/h6-8,10,13,20,22-23,28H,1,5,9,11-12,14-15H2,2-4H3. The number of esters is 1. The van der Waals surface area contributed by atoms with E-state index in [1.54, 1.807) is 12.1 Å². The molecular weight excluding hydrogens is 408 g/mol. The largest absolute Gasteiger partial charge is 0.493 e. The van der Waals surface area contributed by atoms with E-state index in [9.17, 15) is 14.7 Å². The van der Waals surface area contributed by atoms with Crippen molar-refractivity contribution >= 4 is 16.9 Å². The molecule has 4 rings (SSSR count). The van der Waals surface area contributed by atoms with Gasteiger partial charge in [0.1, 0.15) is 11.3 Å². The fourth-order valence-electron chi connectivity index (χ4n) is 6.06. The first-order valence-corrected chi connectivity index (χ1v) is 11.3. The molecule has 6 nitrogen and oxygen atoms in total. The highest BCUT2D eigenvalue weighted by molar-refractivity contribution is 5.77. The van der Waals surface area contributed by atoms with Crippen molar-refractivity contribution in [3.05, 3.63) is 52.9 Å². The van der Waals surface area contributed by atoms with Crippen LogP contribution < -0.4 is 10.4 Å². The average Bonchev–Trinajstić information content (AvgIpc) is 2.74. The van der Waals surface area contributed by atoms with Crippen LogP contribution in [0.2, 0.25) is 0 Å². The highest BCUT2D eigenvalue weighted by atomic mass is 16.5. The molecule has 2 aliphatic rings. The maximum absolute atomic E-state index is 11.6. The molecular formula is C26H32O6. The first-order chi connectivity index (χ1) is 15.1. The summed E-state index contributed by atoms with van der Waals surface area (Å²) in [6.07, 6.45) is 2.74. The lowest BCUT2D eigenvalue weighted by Crippen LogP contribution is -2.58. The molecule has 2 fully saturated rings. The Balaban J connectivity index is 1.57. The van der Waals surface area contributed by atoms with Crippen molar-refractivity contribution in [1.82, 2.24) is 0 Å². The van der Waals surface area contributed by atoms with Crippen molar-refractivity contribution in [2.75, 3.05) is 13.2 Å². The molecule has 0 radical (unpaired) electrons. The highest BCUT2D eigenvalue weighted by Gasteiger charge is 2.58. The smallest absolute Gasteiger partial charge is 0.336 e. The van der Waals surface area contributed by atoms with Crippen LogP contribution in [0, 0.1) is 22.7 Å². The molecule has 0 amide bonds. The van der Waals surface area contributed by atoms with Crippen molar-refractivity contribution in [3.8, 4) is 5.75 Å². The summed E-state index contributed by atoms with van der Waals surface area (Å²) in [7, 11) is 0. The molecule has 6 heteroatoms. The third kappa shape index (κ3) is 3.96. The predicted octanol–water partition coefficient (Wildman–Crippen LogP) is 4.48. The minimum Gasteiger partial charge on any atom is -0.493 e. The normalized spacial score (nSPS) is 32.4. The lowest BCUT2D eigenvalue weighted by Gasteiger charge is -2.59. The monoisotopic (exact) mass is 440 g/mol. The number of aliphatic hydroxyl groups is 1. The molecule has 0 saturated heterocycles. The third-order valence-electron chi connectivity index (χ3n) is 7.95. The summed E-state index contributed by atoms with van der Waals surface area (Å²) < 4.78 is 16.9. The van der Waals surface area contributed by atoms with Crippen LogP contribution >= 0.6 is 0 Å². The molecule has 2 aromatic rings. The van der Waals surface area contributed by atoms with Crippen molar-refractivity contribution in [2.24, 2.45) is 22.7 Å². The van der Waals surface area contributed by atoms with E-state index >= 15 is 0 Å². The zero-order valence-corrected chi connectivity index (χ0v) is 19.1. The Morgan fingerprint density at radius 2 is 2.00 bits per heavy atom. The average molecular weight is 441 g/mol. The number of aliphatic hydroxyl groups excluding tert-OH is 1. The Hall–Kier alpha value is -2.60. The van der Waals surface area contributed by atoms with Crippen LogP contribution in [0.25, 0.3) is 11.0 Å². The maximum Gasteiger partial charge on any atom is 0.336 e. The molecule has 32 heavy (non-hydrogen) atoms. The van der Waals surface area contributed by atoms with Crippen molar-refractivity contribution in [2.45, 2.75) is 52.6 Å². The summed E-state index contributed by atoms with van der Waals surface area (Å²) in [4.78, 5) is 23.1. The second-order valence-corrected chi connectivity index (χ2v) is 9.91. The van der Waals surface area contributed by atoms with E-state index in [-0.39, 0.29) is 29.8 Å². The molecule has 0 spiro atoms. The molecule has 2 saturated carbocycles. The highest BCUT2D eigenvalue weighted by Crippen LogP contribution is 2.61. The van der Waals surface area contributed by atoms with Crippen LogP contribution in [0.1, 0.15) is 46.5 Å². The number of carbonyl (C=O) groups is 1. The van der Waals surface area contributed by atoms with Crippen LogP contribution in [0.4, 0.5) is 0 Å². The minimum atomic E-state index is -0.517. The lowest BCUT2D eigenvalue weighted by atomic mass is 9.46. The minimum absolute atomic E-state index is 0.101. The van der Waals surface area contributed by atoms with E-state index in [0.717, 1.165) is 30.2 Å². The Morgan fingerprint density at radius 3 is 2.75 bits per heavy atom. The molecule has 1 aromatic carbocycles. The summed E-state index contributed by atoms with van der Waals surface area (Å²) in [6, 6.07) is 8.64. The summed E-state index contributed by atoms with van der Waals surface area (Å²) in [6.45, 7) is 10.7. The van der Waals surface area contributed by atoms with Gasteiger partial charge in [-0.05, 0) is 55.2 Å². The van der Waals surface area contributed by atoms with Crippen LogP contribution in [0.5, 0.6) is 5.75 Å². The molecule has 1 heterocycles. The van der Waals surface area contributed by atoms with Crippen LogP contribution in [0.3, 0.4) is 0 Å². The quantitative estimate of drug-likeness (QED) is 0.419. The van der Waals surface area contributed by atoms with E-state index in [1.165, 1.54) is 13.0 Å². The van der Waals surface area contributed by atoms with Crippen LogP contribution in [-0.4, -0.2) is 30.4 Å². The number of benzene rings is 1. The van der Waals surface area contributed by atoms with Crippen LogP contribution in [0.15, 0.2) is 51.7 Å². The second-order valence-electron chi connectivity index (χ2n) is 9.91. The molecule has 0 bridgehead atoms. The Kier molecular flexibility index (Phi) is 5.93. The summed E-state index contributed by atoms with van der Waals surface area (Å²) in [5, 5.41) is 11.7. The molecule has 2 aliphatic carbocycles. The zero-order chi connectivity index (χ0) is 23.1. The van der Waals surface area contributed by atoms with Gasteiger partial charge in [-0.2, -0.15) is 0 Å². The van der Waals surface area contributed by atoms with Gasteiger partial charge in [0.25, 0.3) is 0 Å². The third-order valence-corrected chi connectivity index (χ3v) is 7.95. The Labute approximate surface area is 188 Å². The number of hydrogen-bond acceptors (Lipinski definition) is 6. The Bertz CT molecular complexity index is 1090.